The number of halogens is 2. The minimum Gasteiger partial charge on any atom is -0.435 e. The Kier molecular flexibility index (Phi) is 8.76. The molecule has 0 heterocycles. The van der Waals surface area contributed by atoms with Crippen LogP contribution in [0.4, 0.5) is 13.6 Å². The van der Waals surface area contributed by atoms with E-state index in [1.165, 1.54) is 28.6 Å². The van der Waals surface area contributed by atoms with Crippen molar-refractivity contribution in [2.75, 3.05) is 13.1 Å². The highest BCUT2D eigenvalue weighted by Crippen LogP contribution is 2.20. The van der Waals surface area contributed by atoms with Gasteiger partial charge in [-0.1, -0.05) is 38.1 Å². The molecule has 7 nitrogen and oxygen atoms in total. The van der Waals surface area contributed by atoms with Crippen molar-refractivity contribution in [2.45, 2.75) is 44.9 Å². The summed E-state index contributed by atoms with van der Waals surface area (Å²) in [6.45, 7) is 3.31. The lowest BCUT2D eigenvalue weighted by molar-refractivity contribution is -0.0498. The van der Waals surface area contributed by atoms with Crippen LogP contribution in [-0.4, -0.2) is 38.5 Å². The predicted octanol–water partition coefficient (Wildman–Crippen LogP) is 3.88. The van der Waals surface area contributed by atoms with Crippen molar-refractivity contribution in [3.63, 3.8) is 0 Å². The van der Waals surface area contributed by atoms with Crippen molar-refractivity contribution >= 4 is 16.1 Å². The molecule has 0 aliphatic carbocycles. The number of ether oxygens (including phenoxy) is 1. The smallest absolute Gasteiger partial charge is 0.387 e. The van der Waals surface area contributed by atoms with Gasteiger partial charge in [0.25, 0.3) is 0 Å². The first-order valence-electron chi connectivity index (χ1n) is 9.85. The summed E-state index contributed by atoms with van der Waals surface area (Å²) in [4.78, 5) is 12.4. The van der Waals surface area contributed by atoms with Gasteiger partial charge in [-0.25, -0.2) is 13.2 Å². The molecule has 2 amide bonds. The second-order valence-electron chi connectivity index (χ2n) is 6.73. The maximum atomic E-state index is 12.6. The van der Waals surface area contributed by atoms with E-state index in [2.05, 4.69) is 15.4 Å². The average Bonchev–Trinajstić information content (AvgIpc) is 2.73. The average molecular weight is 456 g/mol. The number of benzene rings is 2. The fourth-order valence-electron chi connectivity index (χ4n) is 2.99. The Hall–Kier alpha value is -2.72. The van der Waals surface area contributed by atoms with Gasteiger partial charge in [0, 0.05) is 19.6 Å². The summed E-state index contributed by atoms with van der Waals surface area (Å²) in [5, 5.41) is 5.41. The van der Waals surface area contributed by atoms with Crippen LogP contribution < -0.4 is 15.4 Å². The van der Waals surface area contributed by atoms with Gasteiger partial charge in [0.2, 0.25) is 10.0 Å². The molecule has 0 spiro atoms. The van der Waals surface area contributed by atoms with E-state index in [1.807, 2.05) is 0 Å². The van der Waals surface area contributed by atoms with E-state index >= 15 is 0 Å². The van der Waals surface area contributed by atoms with Gasteiger partial charge in [-0.05, 0) is 42.3 Å². The van der Waals surface area contributed by atoms with E-state index in [4.69, 9.17) is 0 Å². The summed E-state index contributed by atoms with van der Waals surface area (Å²) in [6, 6.07) is 11.6. The largest absolute Gasteiger partial charge is 0.435 e. The molecule has 2 aromatic carbocycles. The van der Waals surface area contributed by atoms with E-state index in [9.17, 15) is 22.0 Å². The zero-order chi connectivity index (χ0) is 23.0. The van der Waals surface area contributed by atoms with Gasteiger partial charge >= 0.3 is 12.6 Å². The summed E-state index contributed by atoms with van der Waals surface area (Å²) >= 11 is 0. The maximum absolute atomic E-state index is 12.6. The summed E-state index contributed by atoms with van der Waals surface area (Å²) in [6.07, 6.45) is 0. The highest BCUT2D eigenvalue weighted by atomic mass is 32.2. The molecule has 0 aliphatic heterocycles. The molecule has 1 atom stereocenters. The molecule has 0 aromatic heterocycles. The van der Waals surface area contributed by atoms with Gasteiger partial charge in [-0.15, -0.1) is 0 Å². The Labute approximate surface area is 181 Å². The van der Waals surface area contributed by atoms with Crippen LogP contribution in [0.5, 0.6) is 5.75 Å². The van der Waals surface area contributed by atoms with Crippen molar-refractivity contribution in [2.24, 2.45) is 0 Å². The lowest BCUT2D eigenvalue weighted by atomic mass is 10.1. The van der Waals surface area contributed by atoms with Gasteiger partial charge in [-0.2, -0.15) is 13.1 Å². The number of alkyl halides is 2. The molecule has 1 unspecified atom stereocenters. The number of rotatable bonds is 10. The van der Waals surface area contributed by atoms with Crippen LogP contribution in [0.3, 0.4) is 0 Å². The van der Waals surface area contributed by atoms with E-state index in [0.717, 1.165) is 5.56 Å². The third kappa shape index (κ3) is 6.90. The molecule has 170 valence electrons. The molecule has 0 aliphatic rings. The predicted molar refractivity (Wildman–Crippen MR) is 113 cm³/mol. The monoisotopic (exact) mass is 455 g/mol. The molecule has 0 fully saturated rings. The zero-order valence-electron chi connectivity index (χ0n) is 17.6. The first-order valence-corrected chi connectivity index (χ1v) is 11.3. The van der Waals surface area contributed by atoms with Crippen molar-refractivity contribution in [3.8, 4) is 5.75 Å². The van der Waals surface area contributed by atoms with Crippen molar-refractivity contribution in [1.82, 2.24) is 14.9 Å². The van der Waals surface area contributed by atoms with Crippen LogP contribution >= 0.6 is 0 Å². The Balaban J connectivity index is 1.94. The number of urea groups is 1. The molecule has 2 aromatic rings. The maximum Gasteiger partial charge on any atom is 0.387 e. The number of carbonyl (C=O) groups is 1. The fourth-order valence-corrected chi connectivity index (χ4v) is 4.44. The third-order valence-corrected chi connectivity index (χ3v) is 6.71. The first kappa shape index (κ1) is 24.5. The van der Waals surface area contributed by atoms with E-state index in [-0.39, 0.29) is 23.2 Å². The Morgan fingerprint density at radius 2 is 1.74 bits per heavy atom. The second-order valence-corrected chi connectivity index (χ2v) is 8.67. The van der Waals surface area contributed by atoms with Crippen LogP contribution in [-0.2, 0) is 16.6 Å². The van der Waals surface area contributed by atoms with Gasteiger partial charge in [0.1, 0.15) is 5.75 Å². The highest BCUT2D eigenvalue weighted by molar-refractivity contribution is 7.89. The number of sulfonamides is 1. The Morgan fingerprint density at radius 1 is 1.10 bits per heavy atom. The van der Waals surface area contributed by atoms with Gasteiger partial charge < -0.3 is 15.4 Å². The highest BCUT2D eigenvalue weighted by Gasteiger charge is 2.21. The van der Waals surface area contributed by atoms with Gasteiger partial charge in [0.15, 0.2) is 0 Å². The Bertz CT molecular complexity index is 965. The molecular formula is C21H27F2N3O4S. The van der Waals surface area contributed by atoms with Crippen LogP contribution in [0.25, 0.3) is 0 Å². The van der Waals surface area contributed by atoms with E-state index in [1.54, 1.807) is 45.0 Å². The van der Waals surface area contributed by atoms with Crippen LogP contribution in [0.1, 0.15) is 37.9 Å². The molecule has 2 rings (SSSR count). The van der Waals surface area contributed by atoms with Crippen molar-refractivity contribution in [3.05, 3.63) is 59.7 Å². The molecule has 0 radical (unpaired) electrons. The minimum absolute atomic E-state index is 0.0165. The first-order chi connectivity index (χ1) is 14.7. The summed E-state index contributed by atoms with van der Waals surface area (Å²) in [5.41, 5.74) is 1.34. The fraction of sp³-hybridized carbons (Fsp3) is 0.381. The normalized spacial score (nSPS) is 12.6. The lowest BCUT2D eigenvalue weighted by Crippen LogP contribution is -2.36. The lowest BCUT2D eigenvalue weighted by Gasteiger charge is -2.19. The molecular weight excluding hydrogens is 428 g/mol. The number of amides is 2. The molecule has 0 bridgehead atoms. The molecule has 0 saturated carbocycles. The number of carbonyl (C=O) groups excluding carboxylic acids is 1. The topological polar surface area (TPSA) is 87.7 Å². The molecule has 31 heavy (non-hydrogen) atoms. The van der Waals surface area contributed by atoms with Crippen LogP contribution in [0.2, 0.25) is 0 Å². The SMILES string of the molecule is CCN(CC)S(=O)(=O)c1ccc(C(C)NC(=O)NCc2cccc(OC(F)F)c2)cc1. The van der Waals surface area contributed by atoms with E-state index < -0.39 is 22.7 Å². The number of hydrogen-bond donors (Lipinski definition) is 2. The Morgan fingerprint density at radius 3 is 2.32 bits per heavy atom. The van der Waals surface area contributed by atoms with Crippen LogP contribution in [0, 0.1) is 0 Å². The second kappa shape index (κ2) is 11.1. The number of nitrogens with one attached hydrogen (secondary N) is 2. The van der Waals surface area contributed by atoms with Gasteiger partial charge in [0.05, 0.1) is 10.9 Å². The minimum atomic E-state index is -3.54. The molecule has 0 saturated heterocycles. The molecule has 10 heteroatoms. The van der Waals surface area contributed by atoms with Crippen molar-refractivity contribution in [1.29, 1.82) is 0 Å². The van der Waals surface area contributed by atoms with Crippen molar-refractivity contribution < 1.29 is 26.7 Å². The van der Waals surface area contributed by atoms with Crippen LogP contribution in [0.15, 0.2) is 53.4 Å². The number of nitrogens with zero attached hydrogens (tertiary/aromatic N) is 1. The number of hydrogen-bond acceptors (Lipinski definition) is 4. The molecule has 2 N–H and O–H groups in total. The quantitative estimate of drug-likeness (QED) is 0.569. The summed E-state index contributed by atoms with van der Waals surface area (Å²) < 4.78 is 55.4. The summed E-state index contributed by atoms with van der Waals surface area (Å²) in [5.74, 6) is 0.0165. The zero-order valence-corrected chi connectivity index (χ0v) is 18.5. The van der Waals surface area contributed by atoms with Gasteiger partial charge in [-0.3, -0.25) is 0 Å². The third-order valence-electron chi connectivity index (χ3n) is 4.65. The summed E-state index contributed by atoms with van der Waals surface area (Å²) in [7, 11) is -3.54. The standard InChI is InChI=1S/C21H27F2N3O4S/c1-4-26(5-2)31(28,29)19-11-9-17(10-12-19)15(3)25-21(27)24-14-16-7-6-8-18(13-16)30-20(22)23/h6-13,15,20H,4-5,14H2,1-3H3,(H2,24,25,27). The van der Waals surface area contributed by atoms with E-state index in [0.29, 0.717) is 18.7 Å².